The number of hydrogen-bond acceptors (Lipinski definition) is 5. The topological polar surface area (TPSA) is 58.9 Å². The number of thiophene rings is 1. The van der Waals surface area contributed by atoms with Gasteiger partial charge in [0, 0.05) is 11.8 Å². The summed E-state index contributed by atoms with van der Waals surface area (Å²) in [7, 11) is 0. The second-order valence-corrected chi connectivity index (χ2v) is 7.69. The minimum Gasteiger partial charge on any atom is -0.386 e. The molecular formula is C16H15Cl2N3OS. The molecule has 0 unspecified atom stereocenters. The zero-order chi connectivity index (χ0) is 16.9. The summed E-state index contributed by atoms with van der Waals surface area (Å²) < 4.78 is 1.02. The first-order valence-corrected chi connectivity index (χ1v) is 8.57. The molecule has 0 fully saturated rings. The maximum Gasteiger partial charge on any atom is 0.223 e. The Morgan fingerprint density at radius 3 is 2.43 bits per heavy atom. The molecule has 0 saturated carbocycles. The molecule has 23 heavy (non-hydrogen) atoms. The van der Waals surface area contributed by atoms with Crippen molar-refractivity contribution in [1.29, 1.82) is 0 Å². The molecule has 0 spiro atoms. The number of pyridine rings is 1. The lowest BCUT2D eigenvalue weighted by Crippen LogP contribution is -2.17. The Labute approximate surface area is 148 Å². The van der Waals surface area contributed by atoms with E-state index in [1.54, 1.807) is 31.4 Å². The maximum absolute atomic E-state index is 10.3. The Morgan fingerprint density at radius 2 is 1.78 bits per heavy atom. The van der Waals surface area contributed by atoms with Crippen molar-refractivity contribution >= 4 is 44.8 Å². The Balaban J connectivity index is 2.31. The second kappa shape index (κ2) is 5.67. The molecule has 0 aromatic carbocycles. The lowest BCUT2D eigenvalue weighted by Gasteiger charge is -2.19. The fraction of sp³-hybridized carbons (Fsp3) is 0.312. The molecule has 0 atom stereocenters. The predicted molar refractivity (Wildman–Crippen MR) is 95.4 cm³/mol. The fourth-order valence-corrected chi connectivity index (χ4v) is 4.26. The highest BCUT2D eigenvalue weighted by molar-refractivity contribution is 7.22. The van der Waals surface area contributed by atoms with Gasteiger partial charge in [-0.05, 0) is 50.4 Å². The quantitative estimate of drug-likeness (QED) is 0.654. The van der Waals surface area contributed by atoms with E-state index in [2.05, 4.69) is 15.0 Å². The van der Waals surface area contributed by atoms with Crippen molar-refractivity contribution in [2.45, 2.75) is 33.3 Å². The van der Waals surface area contributed by atoms with Crippen molar-refractivity contribution < 1.29 is 5.11 Å². The van der Waals surface area contributed by atoms with Gasteiger partial charge in [0.05, 0.1) is 31.9 Å². The number of aryl methyl sites for hydroxylation is 2. The van der Waals surface area contributed by atoms with Crippen LogP contribution in [0.4, 0.5) is 0 Å². The summed E-state index contributed by atoms with van der Waals surface area (Å²) in [6, 6.07) is 0. The Bertz CT molecular complexity index is 916. The molecule has 3 rings (SSSR count). The third kappa shape index (κ3) is 2.83. The van der Waals surface area contributed by atoms with Gasteiger partial charge in [-0.1, -0.05) is 11.6 Å². The molecule has 0 radical (unpaired) electrons. The summed E-state index contributed by atoms with van der Waals surface area (Å²) in [5.41, 5.74) is 3.37. The first kappa shape index (κ1) is 16.6. The lowest BCUT2D eigenvalue weighted by atomic mass is 9.95. The van der Waals surface area contributed by atoms with Crippen molar-refractivity contribution in [1.82, 2.24) is 15.0 Å². The van der Waals surface area contributed by atoms with Crippen LogP contribution in [0.15, 0.2) is 12.4 Å². The molecule has 0 aliphatic rings. The van der Waals surface area contributed by atoms with E-state index in [1.165, 1.54) is 6.20 Å². The summed E-state index contributed by atoms with van der Waals surface area (Å²) in [6.07, 6.45) is 3.23. The molecule has 7 heteroatoms. The van der Waals surface area contributed by atoms with Gasteiger partial charge in [0.15, 0.2) is 0 Å². The number of rotatable bonds is 2. The average molecular weight is 368 g/mol. The lowest BCUT2D eigenvalue weighted by molar-refractivity contribution is 0.0778. The number of nitrogens with zero attached hydrogens (tertiary/aromatic N) is 3. The Morgan fingerprint density at radius 1 is 1.09 bits per heavy atom. The highest BCUT2D eigenvalue weighted by Crippen LogP contribution is 2.42. The van der Waals surface area contributed by atoms with Crippen LogP contribution in [0.5, 0.6) is 0 Å². The van der Waals surface area contributed by atoms with E-state index in [-0.39, 0.29) is 5.28 Å². The minimum atomic E-state index is -0.945. The summed E-state index contributed by atoms with van der Waals surface area (Å²) in [6.45, 7) is 7.48. The third-order valence-electron chi connectivity index (χ3n) is 3.77. The van der Waals surface area contributed by atoms with Crippen LogP contribution in [0.1, 0.15) is 30.5 Å². The van der Waals surface area contributed by atoms with Gasteiger partial charge in [-0.15, -0.1) is 11.3 Å². The Kier molecular flexibility index (Phi) is 4.09. The zero-order valence-electron chi connectivity index (χ0n) is 13.1. The predicted octanol–water partition coefficient (Wildman–Crippen LogP) is 4.90. The van der Waals surface area contributed by atoms with E-state index in [1.807, 2.05) is 13.8 Å². The molecule has 3 heterocycles. The second-order valence-electron chi connectivity index (χ2n) is 5.93. The van der Waals surface area contributed by atoms with Crippen LogP contribution in [-0.4, -0.2) is 20.1 Å². The summed E-state index contributed by atoms with van der Waals surface area (Å²) in [4.78, 5) is 13.6. The van der Waals surface area contributed by atoms with Gasteiger partial charge in [-0.2, -0.15) is 0 Å². The van der Waals surface area contributed by atoms with Crippen LogP contribution < -0.4 is 0 Å². The van der Waals surface area contributed by atoms with Crippen molar-refractivity contribution in [2.75, 3.05) is 0 Å². The largest absolute Gasteiger partial charge is 0.386 e. The molecule has 3 aromatic rings. The molecule has 0 aliphatic heterocycles. The van der Waals surface area contributed by atoms with Crippen LogP contribution in [0.25, 0.3) is 20.8 Å². The molecule has 0 aliphatic carbocycles. The molecule has 4 nitrogen and oxygen atoms in total. The fourth-order valence-electron chi connectivity index (χ4n) is 2.61. The summed E-state index contributed by atoms with van der Waals surface area (Å²) in [5, 5.41) is 10.9. The Hall–Kier alpha value is -1.27. The maximum atomic E-state index is 10.3. The molecule has 1 N–H and O–H groups in total. The van der Waals surface area contributed by atoms with E-state index >= 15 is 0 Å². The normalized spacial score (nSPS) is 12.1. The van der Waals surface area contributed by atoms with Gasteiger partial charge in [-0.3, -0.25) is 4.98 Å². The van der Waals surface area contributed by atoms with Crippen molar-refractivity contribution in [3.8, 4) is 10.6 Å². The number of aliphatic hydroxyl groups is 1. The van der Waals surface area contributed by atoms with E-state index in [4.69, 9.17) is 23.2 Å². The van der Waals surface area contributed by atoms with Crippen LogP contribution in [0, 0.1) is 13.8 Å². The van der Waals surface area contributed by atoms with Gasteiger partial charge >= 0.3 is 0 Å². The van der Waals surface area contributed by atoms with Crippen molar-refractivity contribution in [2.24, 2.45) is 0 Å². The summed E-state index contributed by atoms with van der Waals surface area (Å²) >= 11 is 13.7. The number of aromatic nitrogens is 3. The van der Waals surface area contributed by atoms with E-state index in [0.717, 1.165) is 31.8 Å². The van der Waals surface area contributed by atoms with Crippen molar-refractivity contribution in [3.05, 3.63) is 39.4 Å². The highest BCUT2D eigenvalue weighted by atomic mass is 35.5. The zero-order valence-corrected chi connectivity index (χ0v) is 15.4. The molecule has 0 bridgehead atoms. The monoisotopic (exact) mass is 367 g/mol. The number of fused-ring (bicyclic) bond motifs is 1. The van der Waals surface area contributed by atoms with Crippen molar-refractivity contribution in [3.63, 3.8) is 0 Å². The molecule has 0 saturated heterocycles. The first-order chi connectivity index (χ1) is 10.7. The number of halogens is 2. The van der Waals surface area contributed by atoms with Gasteiger partial charge in [0.2, 0.25) is 5.28 Å². The van der Waals surface area contributed by atoms with E-state index in [0.29, 0.717) is 10.7 Å². The minimum absolute atomic E-state index is 0.156. The van der Waals surface area contributed by atoms with Crippen LogP contribution in [0.3, 0.4) is 0 Å². The summed E-state index contributed by atoms with van der Waals surface area (Å²) in [5.74, 6) is 0. The third-order valence-corrected chi connectivity index (χ3v) is 5.64. The van der Waals surface area contributed by atoms with Gasteiger partial charge in [0.25, 0.3) is 0 Å². The first-order valence-electron chi connectivity index (χ1n) is 7.00. The highest BCUT2D eigenvalue weighted by Gasteiger charge is 2.23. The smallest absolute Gasteiger partial charge is 0.223 e. The van der Waals surface area contributed by atoms with E-state index < -0.39 is 5.60 Å². The molecular weight excluding hydrogens is 353 g/mol. The standard InChI is InChI=1S/C16H15Cl2N3OS/c1-7-9(16(3,4)22)5-19-11-8(2)14(23-13(7)11)12-10(17)6-20-15(18)21-12/h5-6,22H,1-4H3. The van der Waals surface area contributed by atoms with Gasteiger partial charge < -0.3 is 5.11 Å². The van der Waals surface area contributed by atoms with Gasteiger partial charge in [0.1, 0.15) is 5.69 Å². The van der Waals surface area contributed by atoms with Crippen LogP contribution in [-0.2, 0) is 5.60 Å². The average Bonchev–Trinajstić information content (AvgIpc) is 2.79. The molecule has 0 amide bonds. The molecule has 3 aromatic heterocycles. The van der Waals surface area contributed by atoms with Gasteiger partial charge in [-0.25, -0.2) is 9.97 Å². The SMILES string of the molecule is Cc1c(-c2nc(Cl)ncc2Cl)sc2c(C)c(C(C)(C)O)cnc12. The number of hydrogen-bond donors (Lipinski definition) is 1. The van der Waals surface area contributed by atoms with Crippen LogP contribution >= 0.6 is 34.5 Å². The van der Waals surface area contributed by atoms with Crippen LogP contribution in [0.2, 0.25) is 10.3 Å². The van der Waals surface area contributed by atoms with E-state index in [9.17, 15) is 5.11 Å². The molecule has 120 valence electrons.